The van der Waals surface area contributed by atoms with Gasteiger partial charge >= 0.3 is 0 Å². The molecule has 1 unspecified atom stereocenters. The van der Waals surface area contributed by atoms with E-state index in [2.05, 4.69) is 24.4 Å². The number of aryl methyl sites for hydroxylation is 1. The Hall–Kier alpha value is -1.38. The molecule has 100 valence electrons. The molecule has 1 N–H and O–H groups in total. The van der Waals surface area contributed by atoms with Gasteiger partial charge in [-0.2, -0.15) is 0 Å². The van der Waals surface area contributed by atoms with E-state index in [9.17, 15) is 4.39 Å². The molecule has 0 radical (unpaired) electrons. The van der Waals surface area contributed by atoms with Crippen LogP contribution in [0.3, 0.4) is 0 Å². The third-order valence-corrected chi connectivity index (χ3v) is 3.51. The maximum absolute atomic E-state index is 13.2. The molecule has 1 nitrogen and oxygen atoms in total. The summed E-state index contributed by atoms with van der Waals surface area (Å²) in [5.41, 5.74) is 3.26. The zero-order valence-electron chi connectivity index (χ0n) is 11.1. The molecular weight excluding hydrogens is 261 g/mol. The van der Waals surface area contributed by atoms with Crippen LogP contribution in [0.1, 0.15) is 29.7 Å². The van der Waals surface area contributed by atoms with Gasteiger partial charge in [0.05, 0.1) is 6.04 Å². The normalized spacial score (nSPS) is 12.4. The highest BCUT2D eigenvalue weighted by Gasteiger charge is 2.17. The van der Waals surface area contributed by atoms with E-state index in [1.165, 1.54) is 17.7 Å². The van der Waals surface area contributed by atoms with Crippen molar-refractivity contribution >= 4 is 11.6 Å². The largest absolute Gasteiger partial charge is 0.306 e. The average Bonchev–Trinajstić information content (AvgIpc) is 2.38. The number of nitrogens with one attached hydrogen (secondary N) is 1. The minimum Gasteiger partial charge on any atom is -0.306 e. The van der Waals surface area contributed by atoms with E-state index in [0.29, 0.717) is 5.02 Å². The fourth-order valence-corrected chi connectivity index (χ4v) is 2.51. The first-order valence-corrected chi connectivity index (χ1v) is 6.75. The minimum absolute atomic E-state index is 0.0145. The molecule has 0 bridgehead atoms. The van der Waals surface area contributed by atoms with E-state index in [1.54, 1.807) is 6.07 Å². The summed E-state index contributed by atoms with van der Waals surface area (Å²) in [6, 6.07) is 12.7. The molecule has 2 aromatic carbocycles. The van der Waals surface area contributed by atoms with Crippen molar-refractivity contribution in [1.82, 2.24) is 5.32 Å². The van der Waals surface area contributed by atoms with Crippen LogP contribution in [0.4, 0.5) is 4.39 Å². The van der Waals surface area contributed by atoms with Crippen LogP contribution in [0.25, 0.3) is 0 Å². The van der Waals surface area contributed by atoms with Crippen molar-refractivity contribution in [3.63, 3.8) is 0 Å². The SMILES string of the molecule is CCNC(c1ccccc1C)c1ccc(F)cc1Cl. The molecule has 1 atom stereocenters. The van der Waals surface area contributed by atoms with Crippen molar-refractivity contribution in [2.24, 2.45) is 0 Å². The van der Waals surface area contributed by atoms with Crippen molar-refractivity contribution in [1.29, 1.82) is 0 Å². The Morgan fingerprint density at radius 3 is 2.53 bits per heavy atom. The van der Waals surface area contributed by atoms with Crippen LogP contribution >= 0.6 is 11.6 Å². The van der Waals surface area contributed by atoms with Crippen molar-refractivity contribution in [2.75, 3.05) is 6.54 Å². The zero-order chi connectivity index (χ0) is 13.8. The van der Waals surface area contributed by atoms with Crippen molar-refractivity contribution in [2.45, 2.75) is 19.9 Å². The maximum atomic E-state index is 13.2. The van der Waals surface area contributed by atoms with Gasteiger partial charge < -0.3 is 5.32 Å². The molecule has 2 aromatic rings. The summed E-state index contributed by atoms with van der Waals surface area (Å²) in [6.07, 6.45) is 0. The van der Waals surface area contributed by atoms with E-state index < -0.39 is 0 Å². The first-order chi connectivity index (χ1) is 9.13. The minimum atomic E-state index is -0.311. The molecule has 3 heteroatoms. The summed E-state index contributed by atoms with van der Waals surface area (Å²) in [7, 11) is 0. The smallest absolute Gasteiger partial charge is 0.124 e. The summed E-state index contributed by atoms with van der Waals surface area (Å²) in [4.78, 5) is 0. The standard InChI is InChI=1S/C16H17ClFN/c1-3-19-16(13-7-5-4-6-11(13)2)14-9-8-12(18)10-15(14)17/h4-10,16,19H,3H2,1-2H3. The summed E-state index contributed by atoms with van der Waals surface area (Å²) < 4.78 is 13.2. The number of hydrogen-bond donors (Lipinski definition) is 1. The molecule has 0 saturated carbocycles. The zero-order valence-corrected chi connectivity index (χ0v) is 11.8. The van der Waals surface area contributed by atoms with Crippen LogP contribution in [0, 0.1) is 12.7 Å². The lowest BCUT2D eigenvalue weighted by molar-refractivity contribution is 0.612. The van der Waals surface area contributed by atoms with Gasteiger partial charge in [0.1, 0.15) is 5.82 Å². The Balaban J connectivity index is 2.48. The molecule has 2 rings (SSSR count). The lowest BCUT2D eigenvalue weighted by atomic mass is 9.95. The van der Waals surface area contributed by atoms with Crippen LogP contribution in [0.2, 0.25) is 5.02 Å². The molecule has 0 aliphatic rings. The summed E-state index contributed by atoms with van der Waals surface area (Å²) in [5.74, 6) is -0.311. The predicted molar refractivity (Wildman–Crippen MR) is 78.1 cm³/mol. The first kappa shape index (κ1) is 14.0. The van der Waals surface area contributed by atoms with Gasteiger partial charge in [-0.25, -0.2) is 4.39 Å². The summed E-state index contributed by atoms with van der Waals surface area (Å²) in [5, 5.41) is 3.86. The second-order valence-corrected chi connectivity index (χ2v) is 4.92. The summed E-state index contributed by atoms with van der Waals surface area (Å²) >= 11 is 6.18. The molecule has 0 aliphatic carbocycles. The second-order valence-electron chi connectivity index (χ2n) is 4.51. The molecule has 0 fully saturated rings. The molecule has 0 spiro atoms. The first-order valence-electron chi connectivity index (χ1n) is 6.37. The van der Waals surface area contributed by atoms with Gasteiger partial charge in [0, 0.05) is 5.02 Å². The third-order valence-electron chi connectivity index (χ3n) is 3.18. The van der Waals surface area contributed by atoms with Crippen LogP contribution in [0.15, 0.2) is 42.5 Å². The molecule has 0 aliphatic heterocycles. The maximum Gasteiger partial charge on any atom is 0.124 e. The van der Waals surface area contributed by atoms with Crippen molar-refractivity contribution in [3.05, 3.63) is 70.0 Å². The third kappa shape index (κ3) is 3.14. The van der Waals surface area contributed by atoms with E-state index in [-0.39, 0.29) is 11.9 Å². The molecule has 0 aromatic heterocycles. The van der Waals surface area contributed by atoms with E-state index in [4.69, 9.17) is 11.6 Å². The van der Waals surface area contributed by atoms with Crippen LogP contribution < -0.4 is 5.32 Å². The monoisotopic (exact) mass is 277 g/mol. The van der Waals surface area contributed by atoms with Gasteiger partial charge in [-0.05, 0) is 42.3 Å². The Labute approximate surface area is 118 Å². The molecule has 0 heterocycles. The average molecular weight is 278 g/mol. The Kier molecular flexibility index (Phi) is 4.56. The van der Waals surface area contributed by atoms with Gasteiger partial charge in [-0.15, -0.1) is 0 Å². The Bertz CT molecular complexity index is 568. The second kappa shape index (κ2) is 6.18. The van der Waals surface area contributed by atoms with Crippen LogP contribution in [0.5, 0.6) is 0 Å². The molecular formula is C16H17ClFN. The Morgan fingerprint density at radius 1 is 1.16 bits per heavy atom. The molecule has 19 heavy (non-hydrogen) atoms. The molecule has 0 amide bonds. The highest BCUT2D eigenvalue weighted by atomic mass is 35.5. The number of benzene rings is 2. The van der Waals surface area contributed by atoms with Gasteiger partial charge in [0.15, 0.2) is 0 Å². The van der Waals surface area contributed by atoms with E-state index >= 15 is 0 Å². The van der Waals surface area contributed by atoms with Gasteiger partial charge in [0.25, 0.3) is 0 Å². The van der Waals surface area contributed by atoms with Gasteiger partial charge in [0.2, 0.25) is 0 Å². The number of rotatable bonds is 4. The van der Waals surface area contributed by atoms with Gasteiger partial charge in [-0.1, -0.05) is 48.9 Å². The quantitative estimate of drug-likeness (QED) is 0.868. The number of halogens is 2. The van der Waals surface area contributed by atoms with E-state index in [1.807, 2.05) is 19.1 Å². The number of hydrogen-bond acceptors (Lipinski definition) is 1. The topological polar surface area (TPSA) is 12.0 Å². The van der Waals surface area contributed by atoms with E-state index in [0.717, 1.165) is 17.7 Å². The van der Waals surface area contributed by atoms with Crippen molar-refractivity contribution in [3.8, 4) is 0 Å². The van der Waals surface area contributed by atoms with Crippen molar-refractivity contribution < 1.29 is 4.39 Å². The molecule has 0 saturated heterocycles. The van der Waals surface area contributed by atoms with Crippen LogP contribution in [-0.2, 0) is 0 Å². The highest BCUT2D eigenvalue weighted by molar-refractivity contribution is 6.31. The summed E-state index contributed by atoms with van der Waals surface area (Å²) in [6.45, 7) is 4.92. The Morgan fingerprint density at radius 2 is 1.89 bits per heavy atom. The lowest BCUT2D eigenvalue weighted by Gasteiger charge is -2.22. The van der Waals surface area contributed by atoms with Gasteiger partial charge in [-0.3, -0.25) is 0 Å². The predicted octanol–water partition coefficient (Wildman–Crippen LogP) is 4.49. The fourth-order valence-electron chi connectivity index (χ4n) is 2.24. The fraction of sp³-hybridized carbons (Fsp3) is 0.250. The highest BCUT2D eigenvalue weighted by Crippen LogP contribution is 2.30. The lowest BCUT2D eigenvalue weighted by Crippen LogP contribution is -2.23. The van der Waals surface area contributed by atoms with Crippen LogP contribution in [-0.4, -0.2) is 6.54 Å².